The molecule has 1 atom stereocenters. The van der Waals surface area contributed by atoms with E-state index in [1.165, 1.54) is 9.78 Å². The van der Waals surface area contributed by atoms with Gasteiger partial charge in [-0.15, -0.1) is 11.3 Å². The highest BCUT2D eigenvalue weighted by atomic mass is 32.1. The van der Waals surface area contributed by atoms with Crippen molar-refractivity contribution in [1.29, 1.82) is 0 Å². The number of ether oxygens (including phenoxy) is 1. The quantitative estimate of drug-likeness (QED) is 0.534. The van der Waals surface area contributed by atoms with Crippen LogP contribution in [0.3, 0.4) is 0 Å². The number of hydrogen-bond acceptors (Lipinski definition) is 4. The molecule has 150 valence electrons. The second-order valence-electron chi connectivity index (χ2n) is 6.96. The summed E-state index contributed by atoms with van der Waals surface area (Å²) in [6, 6.07) is 20.3. The molecule has 0 saturated carbocycles. The molecule has 0 bridgehead atoms. The van der Waals surface area contributed by atoms with E-state index in [2.05, 4.69) is 25.5 Å². The summed E-state index contributed by atoms with van der Waals surface area (Å²) in [6.07, 6.45) is 0. The van der Waals surface area contributed by atoms with Crippen molar-refractivity contribution in [2.45, 2.75) is 6.04 Å². The van der Waals surface area contributed by atoms with E-state index >= 15 is 0 Å². The minimum Gasteiger partial charge on any atom is -0.484 e. The fourth-order valence-electron chi connectivity index (χ4n) is 2.95. The maximum absolute atomic E-state index is 12.4. The van der Waals surface area contributed by atoms with Crippen LogP contribution in [-0.2, 0) is 4.79 Å². The first-order chi connectivity index (χ1) is 14.0. The van der Waals surface area contributed by atoms with Crippen LogP contribution in [-0.4, -0.2) is 38.9 Å². The third-order valence-electron chi connectivity index (χ3n) is 4.61. The highest BCUT2D eigenvalue weighted by Gasteiger charge is 2.19. The van der Waals surface area contributed by atoms with Crippen LogP contribution in [0.25, 0.3) is 0 Å². The number of quaternary nitrogens is 1. The molecule has 3 aromatic rings. The topological polar surface area (TPSA) is 59.8 Å². The zero-order valence-corrected chi connectivity index (χ0v) is 17.4. The molecular formula is C23H25N2O3S+. The molecule has 3 rings (SSSR count). The summed E-state index contributed by atoms with van der Waals surface area (Å²) >= 11 is 1.69. The molecule has 0 aliphatic rings. The lowest BCUT2D eigenvalue weighted by Gasteiger charge is -2.20. The van der Waals surface area contributed by atoms with Crippen molar-refractivity contribution < 1.29 is 19.2 Å². The Morgan fingerprint density at radius 3 is 2.28 bits per heavy atom. The third-order valence-corrected chi connectivity index (χ3v) is 5.60. The van der Waals surface area contributed by atoms with E-state index in [1.807, 2.05) is 29.6 Å². The van der Waals surface area contributed by atoms with Gasteiger partial charge >= 0.3 is 0 Å². The lowest BCUT2D eigenvalue weighted by Crippen LogP contribution is -3.06. The van der Waals surface area contributed by atoms with Gasteiger partial charge in [0.1, 0.15) is 11.8 Å². The minimum atomic E-state index is -0.169. The van der Waals surface area contributed by atoms with Gasteiger partial charge < -0.3 is 15.0 Å². The predicted molar refractivity (Wildman–Crippen MR) is 115 cm³/mol. The molecule has 0 radical (unpaired) electrons. The minimum absolute atomic E-state index is 0.0410. The Bertz CT molecular complexity index is 923. The van der Waals surface area contributed by atoms with Crippen LogP contribution < -0.4 is 15.0 Å². The first-order valence-corrected chi connectivity index (χ1v) is 10.4. The van der Waals surface area contributed by atoms with Crippen molar-refractivity contribution in [2.75, 3.05) is 27.2 Å². The number of benzene rings is 2. The standard InChI is InChI=1S/C23H24N2O3S/c1-25(2)20(21-9-6-14-29-21)15-24-22(26)16-28-19-12-10-18(11-13-19)23(27)17-7-4-3-5-8-17/h3-14,20H,15-16H2,1-2H3,(H,24,26)/p+1/t20-/m1/s1. The molecule has 1 heterocycles. The predicted octanol–water partition coefficient (Wildman–Crippen LogP) is 2.36. The summed E-state index contributed by atoms with van der Waals surface area (Å²) in [5.41, 5.74) is 1.23. The number of nitrogens with one attached hydrogen (secondary N) is 2. The Morgan fingerprint density at radius 2 is 1.66 bits per heavy atom. The van der Waals surface area contributed by atoms with Crippen LogP contribution in [0.5, 0.6) is 5.75 Å². The van der Waals surface area contributed by atoms with Gasteiger partial charge in [-0.1, -0.05) is 36.4 Å². The second-order valence-corrected chi connectivity index (χ2v) is 7.94. The maximum atomic E-state index is 12.4. The molecule has 0 spiro atoms. The molecule has 0 fully saturated rings. The normalized spacial score (nSPS) is 11.8. The number of carbonyl (C=O) groups excluding carboxylic acids is 2. The van der Waals surface area contributed by atoms with E-state index < -0.39 is 0 Å². The summed E-state index contributed by atoms with van der Waals surface area (Å²) in [4.78, 5) is 27.1. The van der Waals surface area contributed by atoms with Crippen molar-refractivity contribution in [3.8, 4) is 5.75 Å². The van der Waals surface area contributed by atoms with Gasteiger partial charge in [0.05, 0.1) is 25.5 Å². The van der Waals surface area contributed by atoms with Crippen molar-refractivity contribution in [2.24, 2.45) is 0 Å². The van der Waals surface area contributed by atoms with Crippen LogP contribution in [0.15, 0.2) is 72.1 Å². The summed E-state index contributed by atoms with van der Waals surface area (Å²) in [7, 11) is 4.15. The molecule has 29 heavy (non-hydrogen) atoms. The summed E-state index contributed by atoms with van der Waals surface area (Å²) in [6.45, 7) is 0.488. The third kappa shape index (κ3) is 5.76. The summed E-state index contributed by atoms with van der Waals surface area (Å²) in [5, 5.41) is 4.99. The number of likely N-dealkylation sites (N-methyl/N-ethyl adjacent to an activating group) is 1. The zero-order chi connectivity index (χ0) is 20.6. The van der Waals surface area contributed by atoms with Crippen LogP contribution in [0.1, 0.15) is 26.8 Å². The highest BCUT2D eigenvalue weighted by Crippen LogP contribution is 2.16. The van der Waals surface area contributed by atoms with Gasteiger partial charge in [0.25, 0.3) is 5.91 Å². The van der Waals surface area contributed by atoms with Crippen molar-refractivity contribution in [1.82, 2.24) is 5.32 Å². The Kier molecular flexibility index (Phi) is 7.16. The Morgan fingerprint density at radius 1 is 0.966 bits per heavy atom. The van der Waals surface area contributed by atoms with Gasteiger partial charge in [0, 0.05) is 11.1 Å². The van der Waals surface area contributed by atoms with E-state index in [1.54, 1.807) is 47.7 Å². The van der Waals surface area contributed by atoms with Gasteiger partial charge in [-0.2, -0.15) is 0 Å². The second kappa shape index (κ2) is 10.0. The van der Waals surface area contributed by atoms with Gasteiger partial charge in [-0.05, 0) is 35.7 Å². The molecule has 0 aliphatic heterocycles. The molecule has 5 nitrogen and oxygen atoms in total. The molecular weight excluding hydrogens is 384 g/mol. The Hall–Kier alpha value is -2.96. The van der Waals surface area contributed by atoms with Crippen molar-refractivity contribution in [3.63, 3.8) is 0 Å². The number of carbonyl (C=O) groups is 2. The van der Waals surface area contributed by atoms with Gasteiger partial charge in [-0.3, -0.25) is 9.59 Å². The molecule has 0 aliphatic carbocycles. The van der Waals surface area contributed by atoms with Crippen LogP contribution >= 0.6 is 11.3 Å². The van der Waals surface area contributed by atoms with Crippen LogP contribution in [0.2, 0.25) is 0 Å². The van der Waals surface area contributed by atoms with E-state index in [9.17, 15) is 9.59 Å². The first kappa shape index (κ1) is 20.8. The Labute approximate surface area is 174 Å². The number of hydrogen-bond donors (Lipinski definition) is 2. The number of thiophene rings is 1. The fourth-order valence-corrected chi connectivity index (χ4v) is 3.91. The fraction of sp³-hybridized carbons (Fsp3) is 0.217. The molecule has 1 amide bonds. The first-order valence-electron chi connectivity index (χ1n) is 9.47. The maximum Gasteiger partial charge on any atom is 0.258 e. The lowest BCUT2D eigenvalue weighted by molar-refractivity contribution is -0.890. The highest BCUT2D eigenvalue weighted by molar-refractivity contribution is 7.10. The summed E-state index contributed by atoms with van der Waals surface area (Å²) < 4.78 is 5.56. The average molecular weight is 410 g/mol. The molecule has 1 aromatic heterocycles. The molecule has 6 heteroatoms. The van der Waals surface area contributed by atoms with E-state index in [0.717, 1.165) is 0 Å². The van der Waals surface area contributed by atoms with Crippen molar-refractivity contribution >= 4 is 23.0 Å². The van der Waals surface area contributed by atoms with E-state index in [-0.39, 0.29) is 24.3 Å². The van der Waals surface area contributed by atoms with Gasteiger partial charge in [0.2, 0.25) is 0 Å². The summed E-state index contributed by atoms with van der Waals surface area (Å²) in [5.74, 6) is 0.343. The lowest BCUT2D eigenvalue weighted by atomic mass is 10.0. The number of rotatable bonds is 9. The Balaban J connectivity index is 1.49. The van der Waals surface area contributed by atoms with Crippen molar-refractivity contribution in [3.05, 3.63) is 88.1 Å². The van der Waals surface area contributed by atoms with Crippen LogP contribution in [0, 0.1) is 0 Å². The van der Waals surface area contributed by atoms with E-state index in [0.29, 0.717) is 23.4 Å². The monoisotopic (exact) mass is 409 g/mol. The zero-order valence-electron chi connectivity index (χ0n) is 16.6. The number of amides is 1. The smallest absolute Gasteiger partial charge is 0.258 e. The molecule has 2 aromatic carbocycles. The van der Waals surface area contributed by atoms with Gasteiger partial charge in [0.15, 0.2) is 12.4 Å². The van der Waals surface area contributed by atoms with E-state index in [4.69, 9.17) is 4.74 Å². The molecule has 2 N–H and O–H groups in total. The largest absolute Gasteiger partial charge is 0.484 e. The van der Waals surface area contributed by atoms with Gasteiger partial charge in [-0.25, -0.2) is 0 Å². The number of ketones is 1. The van der Waals surface area contributed by atoms with Crippen LogP contribution in [0.4, 0.5) is 0 Å². The SMILES string of the molecule is C[NH+](C)[C@H](CNC(=O)COc1ccc(C(=O)c2ccccc2)cc1)c1cccs1. The molecule has 0 saturated heterocycles. The average Bonchev–Trinajstić information content (AvgIpc) is 3.27. The molecule has 0 unspecified atom stereocenters.